The van der Waals surface area contributed by atoms with Crippen LogP contribution in [0.2, 0.25) is 5.02 Å². The first-order chi connectivity index (χ1) is 17.5. The van der Waals surface area contributed by atoms with Crippen LogP contribution in [0.1, 0.15) is 37.4 Å². The predicted octanol–water partition coefficient (Wildman–Crippen LogP) is 5.59. The van der Waals surface area contributed by atoms with E-state index >= 15 is 0 Å². The van der Waals surface area contributed by atoms with Crippen molar-refractivity contribution in [3.8, 4) is 11.5 Å². The highest BCUT2D eigenvalue weighted by molar-refractivity contribution is 7.99. The number of pyridine rings is 1. The minimum atomic E-state index is -0.738. The highest BCUT2D eigenvalue weighted by Gasteiger charge is 2.34. The van der Waals surface area contributed by atoms with Gasteiger partial charge in [0.05, 0.1) is 30.9 Å². The molecule has 0 aliphatic carbocycles. The smallest absolute Gasteiger partial charge is 0.119 e. The number of hydrogen-bond donors (Lipinski definition) is 2. The van der Waals surface area contributed by atoms with Crippen molar-refractivity contribution in [2.45, 2.75) is 36.7 Å². The van der Waals surface area contributed by atoms with Gasteiger partial charge in [-0.2, -0.15) is 0 Å². The Morgan fingerprint density at radius 2 is 1.78 bits per heavy atom. The number of rotatable bonds is 11. The molecule has 0 amide bonds. The van der Waals surface area contributed by atoms with Gasteiger partial charge in [0, 0.05) is 40.9 Å². The van der Waals surface area contributed by atoms with Gasteiger partial charge in [-0.3, -0.25) is 4.98 Å². The van der Waals surface area contributed by atoms with E-state index in [1.165, 1.54) is 4.90 Å². The molecular formula is C28H35ClN2O4S. The average Bonchev–Trinajstić information content (AvgIpc) is 2.92. The number of ether oxygens (including phenoxy) is 2. The van der Waals surface area contributed by atoms with Gasteiger partial charge in [-0.25, -0.2) is 0 Å². The van der Waals surface area contributed by atoms with E-state index in [2.05, 4.69) is 22.0 Å². The molecule has 1 fully saturated rings. The number of aromatic nitrogens is 1. The van der Waals surface area contributed by atoms with Crippen LogP contribution in [0.4, 0.5) is 0 Å². The summed E-state index contributed by atoms with van der Waals surface area (Å²) >= 11 is 8.33. The zero-order valence-corrected chi connectivity index (χ0v) is 22.5. The van der Waals surface area contributed by atoms with Gasteiger partial charge in [0.2, 0.25) is 0 Å². The molecule has 4 rings (SSSR count). The van der Waals surface area contributed by atoms with Gasteiger partial charge in [-0.05, 0) is 86.7 Å². The SMILES string of the molecule is COc1ccc(SCCN2CCC(CO)(CC[C@H](O)c3c(Cl)cnc4ccc(OC)cc34)CC2)cc1. The zero-order valence-electron chi connectivity index (χ0n) is 21.0. The second-order valence-electron chi connectivity index (χ2n) is 9.48. The lowest BCUT2D eigenvalue weighted by atomic mass is 9.74. The number of aliphatic hydroxyl groups excluding tert-OH is 2. The third kappa shape index (κ3) is 6.45. The fourth-order valence-corrected chi connectivity index (χ4v) is 6.11. The van der Waals surface area contributed by atoms with Gasteiger partial charge in [0.15, 0.2) is 0 Å². The molecule has 1 saturated heterocycles. The normalized spacial score (nSPS) is 16.7. The summed E-state index contributed by atoms with van der Waals surface area (Å²) < 4.78 is 10.6. The highest BCUT2D eigenvalue weighted by atomic mass is 35.5. The van der Waals surface area contributed by atoms with E-state index in [0.717, 1.165) is 61.3 Å². The van der Waals surface area contributed by atoms with Gasteiger partial charge in [0.25, 0.3) is 0 Å². The molecule has 1 aliphatic heterocycles. The molecule has 0 radical (unpaired) electrons. The molecule has 8 heteroatoms. The summed E-state index contributed by atoms with van der Waals surface area (Å²) in [5, 5.41) is 22.7. The second kappa shape index (κ2) is 12.5. The molecule has 0 bridgehead atoms. The minimum absolute atomic E-state index is 0.132. The topological polar surface area (TPSA) is 75.1 Å². The van der Waals surface area contributed by atoms with Crippen molar-refractivity contribution in [1.29, 1.82) is 0 Å². The maximum Gasteiger partial charge on any atom is 0.119 e. The van der Waals surface area contributed by atoms with Crippen LogP contribution in [-0.2, 0) is 0 Å². The second-order valence-corrected chi connectivity index (χ2v) is 11.1. The van der Waals surface area contributed by atoms with E-state index in [0.29, 0.717) is 22.8 Å². The van der Waals surface area contributed by atoms with E-state index < -0.39 is 6.10 Å². The summed E-state index contributed by atoms with van der Waals surface area (Å²) in [4.78, 5) is 8.10. The standard InChI is InChI=1S/C28H35ClN2O4S/c1-34-20-3-6-22(7-4-20)36-16-15-31-13-11-28(19-32,12-14-31)10-9-26(33)27-23-17-21(35-2)5-8-25(23)30-18-24(27)29/h3-8,17-18,26,32-33H,9-16,19H2,1-2H3/t26-/m0/s1. The minimum Gasteiger partial charge on any atom is -0.497 e. The van der Waals surface area contributed by atoms with Crippen LogP contribution in [0, 0.1) is 5.41 Å². The zero-order chi connectivity index (χ0) is 25.5. The number of hydrogen-bond acceptors (Lipinski definition) is 7. The summed E-state index contributed by atoms with van der Waals surface area (Å²) in [6.07, 6.45) is 3.97. The summed E-state index contributed by atoms with van der Waals surface area (Å²) in [7, 11) is 3.30. The van der Waals surface area contributed by atoms with Crippen LogP contribution < -0.4 is 9.47 Å². The largest absolute Gasteiger partial charge is 0.497 e. The van der Waals surface area contributed by atoms with Crippen LogP contribution in [-0.4, -0.2) is 66.3 Å². The van der Waals surface area contributed by atoms with E-state index in [1.54, 1.807) is 20.4 Å². The first-order valence-electron chi connectivity index (χ1n) is 12.4. The Bertz CT molecular complexity index is 1140. The molecule has 36 heavy (non-hydrogen) atoms. The number of aliphatic hydroxyl groups is 2. The van der Waals surface area contributed by atoms with Crippen molar-refractivity contribution < 1.29 is 19.7 Å². The molecule has 194 valence electrons. The molecule has 1 aromatic heterocycles. The third-order valence-corrected chi connectivity index (χ3v) is 8.63. The van der Waals surface area contributed by atoms with Gasteiger partial charge < -0.3 is 24.6 Å². The summed E-state index contributed by atoms with van der Waals surface area (Å²) in [6, 6.07) is 13.8. The average molecular weight is 531 g/mol. The van der Waals surface area contributed by atoms with Crippen molar-refractivity contribution in [3.05, 3.63) is 59.2 Å². The molecule has 3 aromatic rings. The molecule has 1 atom stereocenters. The molecular weight excluding hydrogens is 496 g/mol. The molecule has 2 aromatic carbocycles. The molecule has 0 unspecified atom stereocenters. The maximum atomic E-state index is 11.2. The Labute approximate surface area is 222 Å². The summed E-state index contributed by atoms with van der Waals surface area (Å²) in [5.74, 6) is 2.60. The van der Waals surface area contributed by atoms with Crippen LogP contribution >= 0.6 is 23.4 Å². The van der Waals surface area contributed by atoms with Crippen molar-refractivity contribution in [2.24, 2.45) is 5.41 Å². The number of halogens is 1. The third-order valence-electron chi connectivity index (χ3n) is 7.34. The Balaban J connectivity index is 1.31. The van der Waals surface area contributed by atoms with Crippen LogP contribution in [0.5, 0.6) is 11.5 Å². The number of fused-ring (bicyclic) bond motifs is 1. The maximum absolute atomic E-state index is 11.2. The van der Waals surface area contributed by atoms with Gasteiger partial charge in [-0.1, -0.05) is 11.6 Å². The van der Waals surface area contributed by atoms with E-state index in [9.17, 15) is 10.2 Å². The number of benzene rings is 2. The quantitative estimate of drug-likeness (QED) is 0.313. The highest BCUT2D eigenvalue weighted by Crippen LogP contribution is 2.40. The fourth-order valence-electron chi connectivity index (χ4n) is 4.92. The number of nitrogens with zero attached hydrogens (tertiary/aromatic N) is 2. The first kappa shape index (κ1) is 27.0. The molecule has 1 aliphatic rings. The summed E-state index contributed by atoms with van der Waals surface area (Å²) in [6.45, 7) is 3.06. The van der Waals surface area contributed by atoms with E-state index in [4.69, 9.17) is 21.1 Å². The number of thioether (sulfide) groups is 1. The lowest BCUT2D eigenvalue weighted by Gasteiger charge is -2.41. The van der Waals surface area contributed by atoms with Crippen LogP contribution in [0.3, 0.4) is 0 Å². The molecule has 0 saturated carbocycles. The van der Waals surface area contributed by atoms with Crippen LogP contribution in [0.25, 0.3) is 10.9 Å². The van der Waals surface area contributed by atoms with Gasteiger partial charge in [0.1, 0.15) is 11.5 Å². The Hall–Kier alpha value is -2.03. The summed E-state index contributed by atoms with van der Waals surface area (Å²) in [5.41, 5.74) is 1.28. The van der Waals surface area contributed by atoms with Crippen molar-refractivity contribution in [3.63, 3.8) is 0 Å². The Morgan fingerprint density at radius 3 is 2.44 bits per heavy atom. The van der Waals surface area contributed by atoms with Crippen molar-refractivity contribution in [1.82, 2.24) is 9.88 Å². The number of likely N-dealkylation sites (tertiary alicyclic amines) is 1. The fraction of sp³-hybridized carbons (Fsp3) is 0.464. The first-order valence-corrected chi connectivity index (χ1v) is 13.7. The van der Waals surface area contributed by atoms with Gasteiger partial charge >= 0.3 is 0 Å². The number of methoxy groups -OCH3 is 2. The lowest BCUT2D eigenvalue weighted by Crippen LogP contribution is -2.43. The van der Waals surface area contributed by atoms with E-state index in [1.807, 2.05) is 42.1 Å². The van der Waals surface area contributed by atoms with Crippen molar-refractivity contribution >= 4 is 34.3 Å². The van der Waals surface area contributed by atoms with Gasteiger partial charge in [-0.15, -0.1) is 11.8 Å². The Kier molecular flexibility index (Phi) is 9.36. The predicted molar refractivity (Wildman–Crippen MR) is 146 cm³/mol. The van der Waals surface area contributed by atoms with E-state index in [-0.39, 0.29) is 12.0 Å². The lowest BCUT2D eigenvalue weighted by molar-refractivity contribution is 0.0254. The molecule has 6 nitrogen and oxygen atoms in total. The molecule has 2 heterocycles. The monoisotopic (exact) mass is 530 g/mol. The molecule has 2 N–H and O–H groups in total. The van der Waals surface area contributed by atoms with Crippen LogP contribution in [0.15, 0.2) is 53.6 Å². The Morgan fingerprint density at radius 1 is 1.08 bits per heavy atom. The number of piperidine rings is 1. The van der Waals surface area contributed by atoms with Crippen molar-refractivity contribution in [2.75, 3.05) is 46.2 Å². The molecule has 0 spiro atoms.